The molecule has 6 heteroatoms. The van der Waals surface area contributed by atoms with Crippen LogP contribution in [0.3, 0.4) is 0 Å². The number of ether oxygens (including phenoxy) is 1. The van der Waals surface area contributed by atoms with Gasteiger partial charge in [0, 0.05) is 0 Å². The van der Waals surface area contributed by atoms with Crippen LogP contribution in [0.15, 0.2) is 35.4 Å². The first kappa shape index (κ1) is 10.5. The Hall–Kier alpha value is -2.01. The first-order valence-corrected chi connectivity index (χ1v) is 4.75. The molecule has 0 atom stereocenters. The molecule has 0 unspecified atom stereocenters. The molecular weight excluding hydrogens is 232 g/mol. The highest BCUT2D eigenvalue weighted by Crippen LogP contribution is 2.30. The maximum atomic E-state index is 11.1. The van der Waals surface area contributed by atoms with E-state index in [0.717, 1.165) is 0 Å². The summed E-state index contributed by atoms with van der Waals surface area (Å²) in [7, 11) is 0. The van der Waals surface area contributed by atoms with Gasteiger partial charge in [-0.25, -0.2) is 4.98 Å². The molecule has 0 aliphatic rings. The zero-order chi connectivity index (χ0) is 11.5. The normalized spacial score (nSPS) is 10.1. The molecule has 1 aromatic heterocycles. The second-order valence-electron chi connectivity index (χ2n) is 2.92. The van der Waals surface area contributed by atoms with Crippen molar-refractivity contribution >= 4 is 11.6 Å². The molecule has 0 saturated carbocycles. The fourth-order valence-corrected chi connectivity index (χ4v) is 1.23. The SMILES string of the molecule is O=c1[nH]cnc(Oc2ccccc2O)c1Cl. The minimum absolute atomic E-state index is 0.0492. The van der Waals surface area contributed by atoms with Gasteiger partial charge in [0.05, 0.1) is 6.33 Å². The number of aromatic hydroxyl groups is 1. The van der Waals surface area contributed by atoms with Crippen LogP contribution in [-0.4, -0.2) is 15.1 Å². The summed E-state index contributed by atoms with van der Waals surface area (Å²) < 4.78 is 5.21. The summed E-state index contributed by atoms with van der Waals surface area (Å²) in [6.45, 7) is 0. The van der Waals surface area contributed by atoms with Gasteiger partial charge in [-0.1, -0.05) is 23.7 Å². The molecule has 2 aromatic rings. The number of benzene rings is 1. The van der Waals surface area contributed by atoms with Crippen molar-refractivity contribution in [2.24, 2.45) is 0 Å². The highest BCUT2D eigenvalue weighted by atomic mass is 35.5. The Morgan fingerprint density at radius 1 is 1.38 bits per heavy atom. The van der Waals surface area contributed by atoms with Crippen LogP contribution in [0, 0.1) is 0 Å². The van der Waals surface area contributed by atoms with Gasteiger partial charge in [0.15, 0.2) is 16.5 Å². The molecule has 0 saturated heterocycles. The van der Waals surface area contributed by atoms with Crippen LogP contribution in [0.2, 0.25) is 5.02 Å². The van der Waals surface area contributed by atoms with Gasteiger partial charge in [0.2, 0.25) is 5.88 Å². The van der Waals surface area contributed by atoms with Crippen LogP contribution in [0.5, 0.6) is 17.4 Å². The number of hydrogen-bond acceptors (Lipinski definition) is 4. The Labute approximate surface area is 95.3 Å². The Kier molecular flexibility index (Phi) is 2.78. The van der Waals surface area contributed by atoms with Crippen LogP contribution >= 0.6 is 11.6 Å². The topological polar surface area (TPSA) is 75.2 Å². The molecule has 82 valence electrons. The number of nitrogens with zero attached hydrogens (tertiary/aromatic N) is 1. The summed E-state index contributed by atoms with van der Waals surface area (Å²) in [5.74, 6) is 0.0788. The minimum Gasteiger partial charge on any atom is -0.504 e. The van der Waals surface area contributed by atoms with E-state index < -0.39 is 5.56 Å². The Balaban J connectivity index is 2.38. The van der Waals surface area contributed by atoms with Gasteiger partial charge in [-0.2, -0.15) is 0 Å². The molecule has 0 aliphatic heterocycles. The molecule has 1 aromatic carbocycles. The Bertz CT molecular complexity index is 568. The molecule has 16 heavy (non-hydrogen) atoms. The molecule has 0 fully saturated rings. The number of nitrogens with one attached hydrogen (secondary N) is 1. The number of H-pyrrole nitrogens is 1. The summed E-state index contributed by atoms with van der Waals surface area (Å²) >= 11 is 5.68. The third kappa shape index (κ3) is 1.99. The van der Waals surface area contributed by atoms with Crippen LogP contribution in [0.25, 0.3) is 0 Å². The number of para-hydroxylation sites is 2. The number of aromatic nitrogens is 2. The van der Waals surface area contributed by atoms with Crippen LogP contribution in [0.1, 0.15) is 0 Å². The number of halogens is 1. The fourth-order valence-electron chi connectivity index (χ4n) is 1.09. The van der Waals surface area contributed by atoms with Crippen LogP contribution in [0.4, 0.5) is 0 Å². The van der Waals surface area contributed by atoms with E-state index in [1.54, 1.807) is 12.1 Å². The van der Waals surface area contributed by atoms with Gasteiger partial charge < -0.3 is 14.8 Å². The molecule has 1 heterocycles. The summed E-state index contributed by atoms with van der Waals surface area (Å²) in [5.41, 5.74) is -0.498. The third-order valence-electron chi connectivity index (χ3n) is 1.84. The molecule has 5 nitrogen and oxygen atoms in total. The predicted octanol–water partition coefficient (Wildman–Crippen LogP) is 1.92. The fraction of sp³-hybridized carbons (Fsp3) is 0. The molecule has 0 aliphatic carbocycles. The van der Waals surface area contributed by atoms with Crippen molar-refractivity contribution < 1.29 is 9.84 Å². The summed E-state index contributed by atoms with van der Waals surface area (Å²) in [4.78, 5) is 17.2. The lowest BCUT2D eigenvalue weighted by atomic mass is 10.3. The van der Waals surface area contributed by atoms with E-state index in [0.29, 0.717) is 0 Å². The number of rotatable bonds is 2. The van der Waals surface area contributed by atoms with Crippen molar-refractivity contribution in [2.75, 3.05) is 0 Å². The highest BCUT2D eigenvalue weighted by Gasteiger charge is 2.10. The zero-order valence-electron chi connectivity index (χ0n) is 7.98. The van der Waals surface area contributed by atoms with E-state index in [9.17, 15) is 9.90 Å². The average Bonchev–Trinajstić information content (AvgIpc) is 2.28. The second-order valence-corrected chi connectivity index (χ2v) is 3.30. The summed E-state index contributed by atoms with van der Waals surface area (Å²) in [6, 6.07) is 6.32. The summed E-state index contributed by atoms with van der Waals surface area (Å²) in [6.07, 6.45) is 1.17. The van der Waals surface area contributed by atoms with E-state index >= 15 is 0 Å². The molecular formula is C10H7ClN2O3. The summed E-state index contributed by atoms with van der Waals surface area (Å²) in [5, 5.41) is 9.29. The van der Waals surface area contributed by atoms with Crippen molar-refractivity contribution in [1.82, 2.24) is 9.97 Å². The van der Waals surface area contributed by atoms with Crippen LogP contribution < -0.4 is 10.3 Å². The van der Waals surface area contributed by atoms with Gasteiger partial charge >= 0.3 is 0 Å². The monoisotopic (exact) mass is 238 g/mol. The highest BCUT2D eigenvalue weighted by molar-refractivity contribution is 6.31. The van der Waals surface area contributed by atoms with E-state index in [1.807, 2.05) is 0 Å². The van der Waals surface area contributed by atoms with Crippen molar-refractivity contribution in [3.63, 3.8) is 0 Å². The first-order valence-electron chi connectivity index (χ1n) is 4.37. The maximum Gasteiger partial charge on any atom is 0.273 e. The Morgan fingerprint density at radius 3 is 2.88 bits per heavy atom. The van der Waals surface area contributed by atoms with Gasteiger partial charge in [-0.15, -0.1) is 0 Å². The average molecular weight is 239 g/mol. The van der Waals surface area contributed by atoms with Gasteiger partial charge in [-0.05, 0) is 12.1 Å². The lowest BCUT2D eigenvalue weighted by Gasteiger charge is -2.06. The molecule has 0 bridgehead atoms. The quantitative estimate of drug-likeness (QED) is 0.838. The molecule has 0 spiro atoms. The van der Waals surface area contributed by atoms with Crippen molar-refractivity contribution in [1.29, 1.82) is 0 Å². The molecule has 2 N–H and O–H groups in total. The number of aromatic amines is 1. The number of phenolic OH excluding ortho intramolecular Hbond substituents is 1. The van der Waals surface area contributed by atoms with Gasteiger partial charge in [0.25, 0.3) is 5.56 Å². The van der Waals surface area contributed by atoms with Crippen molar-refractivity contribution in [2.45, 2.75) is 0 Å². The van der Waals surface area contributed by atoms with E-state index in [2.05, 4.69) is 9.97 Å². The minimum atomic E-state index is -0.498. The predicted molar refractivity (Wildman–Crippen MR) is 58.0 cm³/mol. The van der Waals surface area contributed by atoms with Crippen LogP contribution in [-0.2, 0) is 0 Å². The lowest BCUT2D eigenvalue weighted by molar-refractivity contribution is 0.402. The van der Waals surface area contributed by atoms with E-state index in [4.69, 9.17) is 16.3 Å². The second kappa shape index (κ2) is 4.24. The maximum absolute atomic E-state index is 11.1. The first-order chi connectivity index (χ1) is 7.68. The smallest absolute Gasteiger partial charge is 0.273 e. The van der Waals surface area contributed by atoms with Crippen molar-refractivity contribution in [3.8, 4) is 17.4 Å². The van der Waals surface area contributed by atoms with E-state index in [-0.39, 0.29) is 22.4 Å². The largest absolute Gasteiger partial charge is 0.504 e. The van der Waals surface area contributed by atoms with Gasteiger partial charge in [0.1, 0.15) is 0 Å². The Morgan fingerprint density at radius 2 is 2.12 bits per heavy atom. The lowest BCUT2D eigenvalue weighted by Crippen LogP contribution is -2.07. The molecule has 0 amide bonds. The number of hydrogen-bond donors (Lipinski definition) is 2. The molecule has 2 rings (SSSR count). The zero-order valence-corrected chi connectivity index (χ0v) is 8.73. The van der Waals surface area contributed by atoms with Crippen molar-refractivity contribution in [3.05, 3.63) is 46.0 Å². The molecule has 0 radical (unpaired) electrons. The number of phenols is 1. The standard InChI is InChI=1S/C10H7ClN2O3/c11-8-9(15)12-5-13-10(8)16-7-4-2-1-3-6(7)14/h1-5,14H,(H,12,13,15). The van der Waals surface area contributed by atoms with E-state index in [1.165, 1.54) is 18.5 Å². The third-order valence-corrected chi connectivity index (χ3v) is 2.17. The van der Waals surface area contributed by atoms with Gasteiger partial charge in [-0.3, -0.25) is 4.79 Å².